The molecule has 0 aliphatic carbocycles. The summed E-state index contributed by atoms with van der Waals surface area (Å²) < 4.78 is 5.62. The zero-order valence-corrected chi connectivity index (χ0v) is 15.3. The van der Waals surface area contributed by atoms with Gasteiger partial charge in [-0.15, -0.1) is 0 Å². The summed E-state index contributed by atoms with van der Waals surface area (Å²) in [5, 5.41) is 4.19. The fourth-order valence-corrected chi connectivity index (χ4v) is 3.12. The van der Waals surface area contributed by atoms with Crippen LogP contribution in [0, 0.1) is 0 Å². The predicted molar refractivity (Wildman–Crippen MR) is 106 cm³/mol. The van der Waals surface area contributed by atoms with Gasteiger partial charge in [0.25, 0.3) is 0 Å². The van der Waals surface area contributed by atoms with Gasteiger partial charge in [-0.2, -0.15) is 0 Å². The molecule has 0 saturated carbocycles. The minimum absolute atomic E-state index is 0.0290. The molecule has 4 aromatic rings. The quantitative estimate of drug-likeness (QED) is 0.498. The van der Waals surface area contributed by atoms with E-state index in [2.05, 4.69) is 27.4 Å². The Kier molecular flexibility index (Phi) is 5.28. The molecule has 1 unspecified atom stereocenters. The van der Waals surface area contributed by atoms with Crippen LogP contribution in [0.5, 0.6) is 0 Å². The number of oxazole rings is 1. The van der Waals surface area contributed by atoms with Crippen molar-refractivity contribution in [2.24, 2.45) is 0 Å². The van der Waals surface area contributed by atoms with E-state index in [1.54, 1.807) is 12.5 Å². The maximum Gasteiger partial charge on any atom is 0.226 e. The lowest BCUT2D eigenvalue weighted by molar-refractivity contribution is 0.561. The Bertz CT molecular complexity index is 963. The first kappa shape index (κ1) is 17.5. The highest BCUT2D eigenvalue weighted by Crippen LogP contribution is 2.23. The Balaban J connectivity index is 1.53. The number of aromatic nitrogens is 2. The number of pyridine rings is 1. The molecule has 2 aromatic carbocycles. The Hall–Kier alpha value is -2.95. The number of nitrogens with zero attached hydrogens (tertiary/aromatic N) is 2. The summed E-state index contributed by atoms with van der Waals surface area (Å²) in [4.78, 5) is 9.08. The molecule has 0 spiro atoms. The first-order valence-corrected chi connectivity index (χ1v) is 9.07. The smallest absolute Gasteiger partial charge is 0.226 e. The summed E-state index contributed by atoms with van der Waals surface area (Å²) in [6.07, 6.45) is 3.48. The molecule has 5 heteroatoms. The molecule has 2 heterocycles. The SMILES string of the molecule is Clc1cccc(-c2nc(CNC(c3ccccc3)c3ccccn3)co2)c1. The standard InChI is InChI=1S/C22H18ClN3O/c23-18-10-6-9-17(13-18)22-26-19(15-27-22)14-25-21(16-7-2-1-3-8-16)20-11-4-5-12-24-20/h1-13,15,21,25H,14H2. The van der Waals surface area contributed by atoms with E-state index >= 15 is 0 Å². The number of benzene rings is 2. The van der Waals surface area contributed by atoms with Gasteiger partial charge in [0.1, 0.15) is 6.26 Å². The van der Waals surface area contributed by atoms with Crippen LogP contribution in [-0.4, -0.2) is 9.97 Å². The Morgan fingerprint density at radius 2 is 1.81 bits per heavy atom. The second-order valence-corrected chi connectivity index (χ2v) is 6.57. The van der Waals surface area contributed by atoms with Crippen molar-refractivity contribution in [3.63, 3.8) is 0 Å². The van der Waals surface area contributed by atoms with Crippen LogP contribution in [0.15, 0.2) is 89.7 Å². The summed E-state index contributed by atoms with van der Waals surface area (Å²) >= 11 is 6.05. The maximum absolute atomic E-state index is 6.05. The van der Waals surface area contributed by atoms with Crippen molar-refractivity contribution in [2.75, 3.05) is 0 Å². The lowest BCUT2D eigenvalue weighted by Gasteiger charge is -2.18. The third kappa shape index (κ3) is 4.25. The molecule has 0 aliphatic heterocycles. The minimum atomic E-state index is -0.0290. The Labute approximate surface area is 162 Å². The van der Waals surface area contributed by atoms with E-state index in [0.29, 0.717) is 17.5 Å². The zero-order chi connectivity index (χ0) is 18.5. The van der Waals surface area contributed by atoms with E-state index in [4.69, 9.17) is 16.0 Å². The number of nitrogens with one attached hydrogen (secondary N) is 1. The second-order valence-electron chi connectivity index (χ2n) is 6.13. The van der Waals surface area contributed by atoms with Crippen LogP contribution >= 0.6 is 11.6 Å². The molecule has 1 atom stereocenters. The predicted octanol–water partition coefficient (Wildman–Crippen LogP) is 5.27. The largest absolute Gasteiger partial charge is 0.444 e. The molecule has 1 N–H and O–H groups in total. The van der Waals surface area contributed by atoms with Crippen LogP contribution in [0.4, 0.5) is 0 Å². The zero-order valence-electron chi connectivity index (χ0n) is 14.5. The number of halogens is 1. The van der Waals surface area contributed by atoms with E-state index in [0.717, 1.165) is 22.5 Å². The molecule has 2 aromatic heterocycles. The molecular weight excluding hydrogens is 358 g/mol. The fourth-order valence-electron chi connectivity index (χ4n) is 2.93. The highest BCUT2D eigenvalue weighted by molar-refractivity contribution is 6.30. The van der Waals surface area contributed by atoms with Gasteiger partial charge in [0.05, 0.1) is 17.4 Å². The minimum Gasteiger partial charge on any atom is -0.444 e. The Morgan fingerprint density at radius 1 is 0.963 bits per heavy atom. The fraction of sp³-hybridized carbons (Fsp3) is 0.0909. The topological polar surface area (TPSA) is 51.0 Å². The molecule has 0 radical (unpaired) electrons. The van der Waals surface area contributed by atoms with E-state index in [1.807, 2.05) is 60.7 Å². The summed E-state index contributed by atoms with van der Waals surface area (Å²) in [6, 6.07) is 23.6. The molecule has 0 saturated heterocycles. The van der Waals surface area contributed by atoms with E-state index in [1.165, 1.54) is 0 Å². The number of hydrogen-bond acceptors (Lipinski definition) is 4. The van der Waals surface area contributed by atoms with Crippen molar-refractivity contribution < 1.29 is 4.42 Å². The molecule has 4 rings (SSSR count). The van der Waals surface area contributed by atoms with Gasteiger partial charge in [-0.25, -0.2) is 4.98 Å². The van der Waals surface area contributed by atoms with Crippen LogP contribution in [-0.2, 0) is 6.54 Å². The van der Waals surface area contributed by atoms with Gasteiger partial charge in [-0.05, 0) is 35.9 Å². The van der Waals surface area contributed by atoms with E-state index in [9.17, 15) is 0 Å². The normalized spacial score (nSPS) is 12.0. The summed E-state index contributed by atoms with van der Waals surface area (Å²) in [5.41, 5.74) is 3.79. The summed E-state index contributed by atoms with van der Waals surface area (Å²) in [7, 11) is 0. The second kappa shape index (κ2) is 8.16. The monoisotopic (exact) mass is 375 g/mol. The van der Waals surface area contributed by atoms with Crippen LogP contribution < -0.4 is 5.32 Å². The molecule has 0 amide bonds. The number of hydrogen-bond donors (Lipinski definition) is 1. The van der Waals surface area contributed by atoms with Gasteiger partial charge in [0.15, 0.2) is 0 Å². The maximum atomic E-state index is 6.05. The lowest BCUT2D eigenvalue weighted by atomic mass is 10.0. The molecule has 0 aliphatic rings. The van der Waals surface area contributed by atoms with Gasteiger partial charge in [-0.3, -0.25) is 10.3 Å². The summed E-state index contributed by atoms with van der Waals surface area (Å²) in [5.74, 6) is 0.559. The van der Waals surface area contributed by atoms with Crippen LogP contribution in [0.3, 0.4) is 0 Å². The van der Waals surface area contributed by atoms with Crippen molar-refractivity contribution in [1.82, 2.24) is 15.3 Å². The van der Waals surface area contributed by atoms with Crippen molar-refractivity contribution in [3.8, 4) is 11.5 Å². The number of rotatable bonds is 6. The molecule has 4 nitrogen and oxygen atoms in total. The highest BCUT2D eigenvalue weighted by Gasteiger charge is 2.16. The first-order chi connectivity index (χ1) is 13.3. The van der Waals surface area contributed by atoms with Gasteiger partial charge in [-0.1, -0.05) is 54.1 Å². The third-order valence-corrected chi connectivity index (χ3v) is 4.46. The van der Waals surface area contributed by atoms with Gasteiger partial charge >= 0.3 is 0 Å². The van der Waals surface area contributed by atoms with Gasteiger partial charge < -0.3 is 4.42 Å². The van der Waals surface area contributed by atoms with Gasteiger partial charge in [0.2, 0.25) is 5.89 Å². The molecule has 0 fully saturated rings. The molecular formula is C22H18ClN3O. The average molecular weight is 376 g/mol. The lowest BCUT2D eigenvalue weighted by Crippen LogP contribution is -2.23. The summed E-state index contributed by atoms with van der Waals surface area (Å²) in [6.45, 7) is 0.556. The first-order valence-electron chi connectivity index (χ1n) is 8.69. The van der Waals surface area contributed by atoms with Crippen molar-refractivity contribution in [1.29, 1.82) is 0 Å². The van der Waals surface area contributed by atoms with Crippen molar-refractivity contribution in [3.05, 3.63) is 107 Å². The molecule has 0 bridgehead atoms. The average Bonchev–Trinajstić information content (AvgIpc) is 3.19. The van der Waals surface area contributed by atoms with Crippen LogP contribution in [0.25, 0.3) is 11.5 Å². The van der Waals surface area contributed by atoms with Crippen molar-refractivity contribution in [2.45, 2.75) is 12.6 Å². The van der Waals surface area contributed by atoms with E-state index in [-0.39, 0.29) is 6.04 Å². The van der Waals surface area contributed by atoms with E-state index < -0.39 is 0 Å². The van der Waals surface area contributed by atoms with Crippen LogP contribution in [0.2, 0.25) is 5.02 Å². The van der Waals surface area contributed by atoms with Crippen LogP contribution in [0.1, 0.15) is 23.0 Å². The van der Waals surface area contributed by atoms with Crippen molar-refractivity contribution >= 4 is 11.6 Å². The highest BCUT2D eigenvalue weighted by atomic mass is 35.5. The molecule has 27 heavy (non-hydrogen) atoms. The molecule has 134 valence electrons. The third-order valence-electron chi connectivity index (χ3n) is 4.23. The van der Waals surface area contributed by atoms with Gasteiger partial charge in [0, 0.05) is 23.3 Å². The Morgan fingerprint density at radius 3 is 2.59 bits per heavy atom.